The summed E-state index contributed by atoms with van der Waals surface area (Å²) in [6.45, 7) is 14.5. The number of anilines is 2. The van der Waals surface area contributed by atoms with Crippen LogP contribution in [-0.4, -0.2) is 131 Å². The van der Waals surface area contributed by atoms with Gasteiger partial charge in [0.05, 0.1) is 59.0 Å². The molecule has 0 amide bonds. The Kier molecular flexibility index (Phi) is 18.6. The number of ether oxygens (including phenoxy) is 5. The van der Waals surface area contributed by atoms with E-state index in [9.17, 15) is 29.7 Å². The van der Waals surface area contributed by atoms with E-state index in [2.05, 4.69) is 10.6 Å². The lowest BCUT2D eigenvalue weighted by molar-refractivity contribution is -0.296. The fourth-order valence-corrected chi connectivity index (χ4v) is 9.47. The molecule has 2 fully saturated rings. The molecule has 13 atom stereocenters. The van der Waals surface area contributed by atoms with Crippen molar-refractivity contribution < 1.29 is 58.2 Å². The number of halogens is 2. The Hall–Kier alpha value is -3.38. The fourth-order valence-electron chi connectivity index (χ4n) is 8.98. The summed E-state index contributed by atoms with van der Waals surface area (Å²) in [5, 5.41) is 42.8. The number of likely N-dealkylation sites (N-methyl/N-ethyl adjacent to an activating group) is 1. The zero-order chi connectivity index (χ0) is 47.9. The summed E-state index contributed by atoms with van der Waals surface area (Å²) in [7, 11) is 3.67. The standard InChI is InChI=1S/C47H69Cl2N3O12/c1-12-35-47(9,59)41(56)29(6)50-25-26(3)23-46(8,58)42(28(5)40(55)45(7,44(57)62-35)24-37(54)60-13-2)64-43-39(34(52(10)11)21-27(4)61-43)63-36(53)22-30-17-14-15-20-33(30)51-38-31(48)18-16-19-32(38)49/h14-20,26-29,34-35,39,41-43,50-51,56,58-59H,12-13,21-25H2,1-11H3/t26-,27-,28+,29-,34?,35-,39-,41-,42-,43+,45+,46-,47-/m1/s1. The first kappa shape index (κ1) is 53.2. The largest absolute Gasteiger partial charge is 0.466 e. The number of ketones is 1. The maximum absolute atomic E-state index is 15.1. The first-order valence-corrected chi connectivity index (χ1v) is 22.9. The number of aliphatic hydroxyl groups is 3. The molecule has 4 rings (SSSR count). The molecule has 2 saturated heterocycles. The minimum Gasteiger partial charge on any atom is -0.466 e. The zero-order valence-corrected chi connectivity index (χ0v) is 40.5. The van der Waals surface area contributed by atoms with Crippen LogP contribution >= 0.6 is 23.2 Å². The van der Waals surface area contributed by atoms with Crippen LogP contribution in [0.15, 0.2) is 42.5 Å². The van der Waals surface area contributed by atoms with Gasteiger partial charge in [-0.25, -0.2) is 0 Å². The van der Waals surface area contributed by atoms with E-state index in [-0.39, 0.29) is 38.3 Å². The van der Waals surface area contributed by atoms with Crippen LogP contribution in [-0.2, 0) is 49.3 Å². The van der Waals surface area contributed by atoms with Gasteiger partial charge in [0.25, 0.3) is 0 Å². The molecule has 15 nitrogen and oxygen atoms in total. The number of carbonyl (C=O) groups is 4. The maximum Gasteiger partial charge on any atom is 0.320 e. The summed E-state index contributed by atoms with van der Waals surface area (Å²) < 4.78 is 30.6. The van der Waals surface area contributed by atoms with Crippen molar-refractivity contribution in [1.29, 1.82) is 0 Å². The predicted octanol–water partition coefficient (Wildman–Crippen LogP) is 6.01. The Morgan fingerprint density at radius 2 is 1.61 bits per heavy atom. The molecule has 2 aromatic carbocycles. The second-order valence-corrected chi connectivity index (χ2v) is 19.3. The van der Waals surface area contributed by atoms with Gasteiger partial charge in [-0.1, -0.05) is 68.2 Å². The topological polar surface area (TPSA) is 202 Å². The quantitative estimate of drug-likeness (QED) is 0.0941. The SMILES string of the molecule is CCOC(=O)C[C@]1(C)C(=O)O[C@H](CC)[C@@](C)(O)[C@H](O)[C@@H](C)NC[C@H](C)C[C@@](C)(O)[C@H](O[C@@H]2O[C@H](C)CC(N(C)C)[C@H]2OC(=O)Cc2ccccc2Nc2c(Cl)cccc2Cl)[C@@H](C)C1=O. The third-order valence-corrected chi connectivity index (χ3v) is 13.2. The van der Waals surface area contributed by atoms with E-state index in [1.807, 2.05) is 32.8 Å². The van der Waals surface area contributed by atoms with Crippen LogP contribution in [0.1, 0.15) is 93.6 Å². The number of hydrogen-bond acceptors (Lipinski definition) is 15. The minimum atomic E-state index is -2.22. The number of benzene rings is 2. The van der Waals surface area contributed by atoms with E-state index in [0.717, 1.165) is 0 Å². The molecule has 0 aromatic heterocycles. The number of esters is 3. The predicted molar refractivity (Wildman–Crippen MR) is 243 cm³/mol. The van der Waals surface area contributed by atoms with Gasteiger partial charge < -0.3 is 54.5 Å². The van der Waals surface area contributed by atoms with Gasteiger partial charge >= 0.3 is 17.9 Å². The highest BCUT2D eigenvalue weighted by Crippen LogP contribution is 2.40. The second kappa shape index (κ2) is 22.4. The van der Waals surface area contributed by atoms with Crippen LogP contribution in [0.25, 0.3) is 0 Å². The summed E-state index contributed by atoms with van der Waals surface area (Å²) in [6.07, 6.45) is -7.42. The smallest absolute Gasteiger partial charge is 0.320 e. The van der Waals surface area contributed by atoms with Crippen LogP contribution in [0.4, 0.5) is 11.4 Å². The molecule has 0 bridgehead atoms. The van der Waals surface area contributed by atoms with Crippen molar-refractivity contribution in [2.24, 2.45) is 17.3 Å². The molecule has 0 saturated carbocycles. The Bertz CT molecular complexity index is 1910. The first-order valence-electron chi connectivity index (χ1n) is 22.1. The lowest BCUT2D eigenvalue weighted by atomic mass is 9.72. The molecule has 358 valence electrons. The van der Waals surface area contributed by atoms with Crippen LogP contribution in [0.2, 0.25) is 10.0 Å². The number of rotatable bonds is 12. The highest BCUT2D eigenvalue weighted by atomic mass is 35.5. The van der Waals surface area contributed by atoms with E-state index in [0.29, 0.717) is 33.4 Å². The molecule has 1 unspecified atom stereocenters. The van der Waals surface area contributed by atoms with E-state index in [1.165, 1.54) is 27.7 Å². The average molecular weight is 939 g/mol. The fraction of sp³-hybridized carbons (Fsp3) is 0.660. The number of hydrogen-bond donors (Lipinski definition) is 5. The van der Waals surface area contributed by atoms with Gasteiger partial charge in [0.1, 0.15) is 23.2 Å². The number of aliphatic hydroxyl groups excluding tert-OH is 1. The van der Waals surface area contributed by atoms with Gasteiger partial charge in [0, 0.05) is 17.6 Å². The molecular formula is C47H69Cl2N3O12. The van der Waals surface area contributed by atoms with Crippen molar-refractivity contribution in [3.63, 3.8) is 0 Å². The lowest BCUT2D eigenvalue weighted by Crippen LogP contribution is -2.60. The van der Waals surface area contributed by atoms with E-state index in [1.54, 1.807) is 63.2 Å². The molecule has 0 radical (unpaired) electrons. The van der Waals surface area contributed by atoms with Crippen LogP contribution in [0, 0.1) is 17.3 Å². The summed E-state index contributed by atoms with van der Waals surface area (Å²) in [6, 6.07) is 11.1. The number of para-hydroxylation sites is 2. The third-order valence-electron chi connectivity index (χ3n) is 12.5. The van der Waals surface area contributed by atoms with Crippen LogP contribution in [0.3, 0.4) is 0 Å². The molecule has 2 aliphatic rings. The van der Waals surface area contributed by atoms with Crippen LogP contribution in [0.5, 0.6) is 0 Å². The second-order valence-electron chi connectivity index (χ2n) is 18.5. The average Bonchev–Trinajstić information content (AvgIpc) is 3.21. The molecular weight excluding hydrogens is 869 g/mol. The van der Waals surface area contributed by atoms with Crippen LogP contribution < -0.4 is 10.6 Å². The Labute approximate surface area is 387 Å². The van der Waals surface area contributed by atoms with Crippen molar-refractivity contribution in [2.45, 2.75) is 155 Å². The van der Waals surface area contributed by atoms with Gasteiger partial charge in [-0.05, 0) is 111 Å². The van der Waals surface area contributed by atoms with E-state index >= 15 is 4.79 Å². The van der Waals surface area contributed by atoms with Gasteiger partial charge in [-0.3, -0.25) is 19.2 Å². The lowest BCUT2D eigenvalue weighted by Gasteiger charge is -2.47. The van der Waals surface area contributed by atoms with Crippen molar-refractivity contribution >= 4 is 58.3 Å². The summed E-state index contributed by atoms with van der Waals surface area (Å²) in [5.74, 6) is -5.07. The molecule has 0 spiro atoms. The maximum atomic E-state index is 15.1. The molecule has 64 heavy (non-hydrogen) atoms. The summed E-state index contributed by atoms with van der Waals surface area (Å²) >= 11 is 12.9. The third kappa shape index (κ3) is 12.7. The number of Topliss-reactive ketones (excluding diaryl/α,β-unsaturated/α-hetero) is 1. The molecule has 0 aliphatic carbocycles. The highest BCUT2D eigenvalue weighted by Gasteiger charge is 2.55. The number of cyclic esters (lactones) is 1. The van der Waals surface area contributed by atoms with E-state index in [4.69, 9.17) is 46.9 Å². The number of nitrogens with zero attached hydrogens (tertiary/aromatic N) is 1. The zero-order valence-electron chi connectivity index (χ0n) is 39.0. The Morgan fingerprint density at radius 3 is 2.22 bits per heavy atom. The first-order chi connectivity index (χ1) is 29.9. The number of carbonyl (C=O) groups excluding carboxylic acids is 4. The summed E-state index contributed by atoms with van der Waals surface area (Å²) in [4.78, 5) is 58.6. The Balaban J connectivity index is 1.78. The van der Waals surface area contributed by atoms with Gasteiger partial charge in [-0.15, -0.1) is 0 Å². The molecule has 5 N–H and O–H groups in total. The van der Waals surface area contributed by atoms with Gasteiger partial charge in [0.15, 0.2) is 18.2 Å². The van der Waals surface area contributed by atoms with E-state index < -0.39 is 102 Å². The van der Waals surface area contributed by atoms with Crippen molar-refractivity contribution in [2.75, 3.05) is 32.6 Å². The summed E-state index contributed by atoms with van der Waals surface area (Å²) in [5.41, 5.74) is -4.41. The molecule has 17 heteroatoms. The van der Waals surface area contributed by atoms with Crippen molar-refractivity contribution in [3.8, 4) is 0 Å². The Morgan fingerprint density at radius 1 is 0.969 bits per heavy atom. The van der Waals surface area contributed by atoms with Crippen molar-refractivity contribution in [1.82, 2.24) is 10.2 Å². The molecule has 2 aromatic rings. The minimum absolute atomic E-state index is 0.0290. The molecule has 2 heterocycles. The van der Waals surface area contributed by atoms with Crippen molar-refractivity contribution in [3.05, 3.63) is 58.1 Å². The highest BCUT2D eigenvalue weighted by molar-refractivity contribution is 6.39. The monoisotopic (exact) mass is 937 g/mol. The van der Waals surface area contributed by atoms with Gasteiger partial charge in [-0.2, -0.15) is 0 Å². The molecule has 2 aliphatic heterocycles. The van der Waals surface area contributed by atoms with Gasteiger partial charge in [0.2, 0.25) is 0 Å². The number of nitrogens with one attached hydrogen (secondary N) is 2. The normalized spacial score (nSPS) is 34.6.